The zero-order chi connectivity index (χ0) is 9.10. The molecule has 0 bridgehead atoms. The summed E-state index contributed by atoms with van der Waals surface area (Å²) in [6.07, 6.45) is 2.25. The van der Waals surface area contributed by atoms with Crippen LogP contribution in [0.2, 0.25) is 0 Å². The third-order valence-corrected chi connectivity index (χ3v) is 2.60. The van der Waals surface area contributed by atoms with Crippen LogP contribution in [0.4, 0.5) is 0 Å². The van der Waals surface area contributed by atoms with Crippen LogP contribution in [0.15, 0.2) is 24.3 Å². The molecule has 1 atom stereocenters. The van der Waals surface area contributed by atoms with E-state index in [0.717, 1.165) is 31.7 Å². The van der Waals surface area contributed by atoms with Crippen molar-refractivity contribution in [2.24, 2.45) is 5.73 Å². The first-order valence-electron chi connectivity index (χ1n) is 4.83. The summed E-state index contributed by atoms with van der Waals surface area (Å²) in [5, 5.41) is 0. The van der Waals surface area contributed by atoms with Crippen molar-refractivity contribution < 1.29 is 4.74 Å². The van der Waals surface area contributed by atoms with Crippen LogP contribution in [0.3, 0.4) is 0 Å². The van der Waals surface area contributed by atoms with Gasteiger partial charge in [0.05, 0.1) is 6.61 Å². The highest BCUT2D eigenvalue weighted by Crippen LogP contribution is 2.31. The highest BCUT2D eigenvalue weighted by molar-refractivity contribution is 5.85. The van der Waals surface area contributed by atoms with Crippen molar-refractivity contribution in [1.29, 1.82) is 0 Å². The minimum atomic E-state index is 0. The maximum absolute atomic E-state index is 5.73. The highest BCUT2D eigenvalue weighted by atomic mass is 35.5. The van der Waals surface area contributed by atoms with Gasteiger partial charge < -0.3 is 10.5 Å². The summed E-state index contributed by atoms with van der Waals surface area (Å²) in [6, 6.07) is 8.22. The molecule has 14 heavy (non-hydrogen) atoms. The quantitative estimate of drug-likeness (QED) is 0.777. The Hall–Kier alpha value is -0.730. The van der Waals surface area contributed by atoms with Gasteiger partial charge in [-0.15, -0.1) is 12.4 Å². The van der Waals surface area contributed by atoms with Gasteiger partial charge in [-0.05, 0) is 36.9 Å². The van der Waals surface area contributed by atoms with Crippen LogP contribution in [-0.2, 0) is 0 Å². The molecular formula is C11H16ClNO. The first kappa shape index (κ1) is 11.3. The summed E-state index contributed by atoms with van der Waals surface area (Å²) in [5.41, 5.74) is 7.01. The van der Waals surface area contributed by atoms with Crippen molar-refractivity contribution in [3.63, 3.8) is 0 Å². The molecule has 1 heterocycles. The van der Waals surface area contributed by atoms with Gasteiger partial charge in [0.15, 0.2) is 0 Å². The largest absolute Gasteiger partial charge is 0.493 e. The van der Waals surface area contributed by atoms with Crippen molar-refractivity contribution in [3.8, 4) is 5.75 Å². The minimum Gasteiger partial charge on any atom is -0.493 e. The van der Waals surface area contributed by atoms with E-state index in [1.807, 2.05) is 12.1 Å². The zero-order valence-electron chi connectivity index (χ0n) is 8.11. The van der Waals surface area contributed by atoms with Crippen LogP contribution in [0.1, 0.15) is 24.3 Å². The highest BCUT2D eigenvalue weighted by Gasteiger charge is 2.17. The lowest BCUT2D eigenvalue weighted by atomic mass is 9.95. The Labute approximate surface area is 90.9 Å². The van der Waals surface area contributed by atoms with Crippen LogP contribution < -0.4 is 10.5 Å². The van der Waals surface area contributed by atoms with E-state index in [4.69, 9.17) is 10.5 Å². The molecule has 1 aliphatic heterocycles. The number of benzene rings is 1. The number of hydrogen-bond donors (Lipinski definition) is 1. The van der Waals surface area contributed by atoms with E-state index in [9.17, 15) is 0 Å². The SMILES string of the molecule is Cl.NCC1CCCOc2ccccc21. The molecule has 0 spiro atoms. The number of para-hydroxylation sites is 1. The van der Waals surface area contributed by atoms with Gasteiger partial charge in [0.25, 0.3) is 0 Å². The fourth-order valence-corrected chi connectivity index (χ4v) is 1.86. The number of halogens is 1. The molecule has 2 N–H and O–H groups in total. The molecule has 2 nitrogen and oxygen atoms in total. The maximum Gasteiger partial charge on any atom is 0.122 e. The molecule has 78 valence electrons. The summed E-state index contributed by atoms with van der Waals surface area (Å²) >= 11 is 0. The van der Waals surface area contributed by atoms with Crippen LogP contribution in [0.25, 0.3) is 0 Å². The molecular weight excluding hydrogens is 198 g/mol. The van der Waals surface area contributed by atoms with Gasteiger partial charge in [-0.1, -0.05) is 18.2 Å². The maximum atomic E-state index is 5.73. The molecule has 1 unspecified atom stereocenters. The van der Waals surface area contributed by atoms with E-state index in [2.05, 4.69) is 12.1 Å². The molecule has 0 saturated heterocycles. The first-order valence-corrected chi connectivity index (χ1v) is 4.83. The smallest absolute Gasteiger partial charge is 0.122 e. The Morgan fingerprint density at radius 1 is 1.36 bits per heavy atom. The second-order valence-corrected chi connectivity index (χ2v) is 3.46. The summed E-state index contributed by atoms with van der Waals surface area (Å²) in [6.45, 7) is 1.55. The predicted molar refractivity (Wildman–Crippen MR) is 60.2 cm³/mol. The van der Waals surface area contributed by atoms with Crippen LogP contribution in [0.5, 0.6) is 5.75 Å². The van der Waals surface area contributed by atoms with Gasteiger partial charge >= 0.3 is 0 Å². The molecule has 2 rings (SSSR count). The third kappa shape index (κ3) is 2.20. The van der Waals surface area contributed by atoms with Crippen molar-refractivity contribution in [1.82, 2.24) is 0 Å². The molecule has 0 radical (unpaired) electrons. The van der Waals surface area contributed by atoms with Gasteiger partial charge in [0.1, 0.15) is 5.75 Å². The number of hydrogen-bond acceptors (Lipinski definition) is 2. The lowest BCUT2D eigenvalue weighted by Gasteiger charge is -2.13. The average Bonchev–Trinajstić information content (AvgIpc) is 2.39. The van der Waals surface area contributed by atoms with E-state index in [1.54, 1.807) is 0 Å². The van der Waals surface area contributed by atoms with Crippen molar-refractivity contribution in [3.05, 3.63) is 29.8 Å². The van der Waals surface area contributed by atoms with Gasteiger partial charge in [-0.2, -0.15) is 0 Å². The second-order valence-electron chi connectivity index (χ2n) is 3.46. The zero-order valence-corrected chi connectivity index (χ0v) is 8.93. The van der Waals surface area contributed by atoms with E-state index in [1.165, 1.54) is 5.56 Å². The van der Waals surface area contributed by atoms with Crippen LogP contribution in [0, 0.1) is 0 Å². The van der Waals surface area contributed by atoms with E-state index in [-0.39, 0.29) is 12.4 Å². The fraction of sp³-hybridized carbons (Fsp3) is 0.455. The molecule has 0 amide bonds. The van der Waals surface area contributed by atoms with E-state index >= 15 is 0 Å². The molecule has 1 aromatic carbocycles. The number of fused-ring (bicyclic) bond motifs is 1. The molecule has 1 aliphatic rings. The lowest BCUT2D eigenvalue weighted by Crippen LogP contribution is -2.11. The average molecular weight is 214 g/mol. The van der Waals surface area contributed by atoms with Crippen molar-refractivity contribution in [2.75, 3.05) is 13.2 Å². The molecule has 0 aliphatic carbocycles. The number of ether oxygens (including phenoxy) is 1. The summed E-state index contributed by atoms with van der Waals surface area (Å²) in [7, 11) is 0. The summed E-state index contributed by atoms with van der Waals surface area (Å²) < 4.78 is 5.62. The summed E-state index contributed by atoms with van der Waals surface area (Å²) in [4.78, 5) is 0. The monoisotopic (exact) mass is 213 g/mol. The van der Waals surface area contributed by atoms with E-state index < -0.39 is 0 Å². The normalized spacial score (nSPS) is 19.9. The number of nitrogens with two attached hydrogens (primary N) is 1. The first-order chi connectivity index (χ1) is 6.42. The lowest BCUT2D eigenvalue weighted by molar-refractivity contribution is 0.316. The van der Waals surface area contributed by atoms with E-state index in [0.29, 0.717) is 5.92 Å². The molecule has 0 fully saturated rings. The Bertz CT molecular complexity index is 290. The standard InChI is InChI=1S/C11H15NO.ClH/c12-8-9-4-3-7-13-11-6-2-1-5-10(9)11;/h1-2,5-6,9H,3-4,7-8,12H2;1H. The Balaban J connectivity index is 0.000000980. The Morgan fingerprint density at radius 2 is 2.14 bits per heavy atom. The topological polar surface area (TPSA) is 35.2 Å². The number of rotatable bonds is 1. The third-order valence-electron chi connectivity index (χ3n) is 2.60. The molecule has 1 aromatic rings. The molecule has 0 aromatic heterocycles. The Kier molecular flexibility index (Phi) is 4.23. The van der Waals surface area contributed by atoms with Gasteiger partial charge in [0.2, 0.25) is 0 Å². The van der Waals surface area contributed by atoms with Gasteiger partial charge in [-0.3, -0.25) is 0 Å². The summed E-state index contributed by atoms with van der Waals surface area (Å²) in [5.74, 6) is 1.51. The van der Waals surface area contributed by atoms with Gasteiger partial charge in [-0.25, -0.2) is 0 Å². The second kappa shape index (κ2) is 5.23. The minimum absolute atomic E-state index is 0. The van der Waals surface area contributed by atoms with Gasteiger partial charge in [0, 0.05) is 0 Å². The van der Waals surface area contributed by atoms with Crippen molar-refractivity contribution in [2.45, 2.75) is 18.8 Å². The fourth-order valence-electron chi connectivity index (χ4n) is 1.86. The van der Waals surface area contributed by atoms with Crippen LogP contribution >= 0.6 is 12.4 Å². The molecule has 0 saturated carbocycles. The van der Waals surface area contributed by atoms with Crippen LogP contribution in [-0.4, -0.2) is 13.2 Å². The molecule has 3 heteroatoms. The predicted octanol–water partition coefficient (Wildman–Crippen LogP) is 2.32. The Morgan fingerprint density at radius 3 is 2.93 bits per heavy atom. The van der Waals surface area contributed by atoms with Crippen molar-refractivity contribution >= 4 is 12.4 Å².